The molecule has 0 aromatic heterocycles. The molecule has 0 spiro atoms. The summed E-state index contributed by atoms with van der Waals surface area (Å²) < 4.78 is 5.73. The summed E-state index contributed by atoms with van der Waals surface area (Å²) in [6, 6.07) is 7.51. The van der Waals surface area contributed by atoms with Crippen LogP contribution in [0.1, 0.15) is 26.7 Å². The summed E-state index contributed by atoms with van der Waals surface area (Å²) in [5.41, 5.74) is 0.752. The van der Waals surface area contributed by atoms with E-state index in [9.17, 15) is 4.79 Å². The van der Waals surface area contributed by atoms with Crippen molar-refractivity contribution in [2.45, 2.75) is 32.7 Å². The van der Waals surface area contributed by atoms with E-state index in [4.69, 9.17) is 4.74 Å². The maximum atomic E-state index is 12.1. The molecule has 1 aliphatic rings. The van der Waals surface area contributed by atoms with E-state index in [2.05, 4.69) is 24.5 Å². The van der Waals surface area contributed by atoms with Gasteiger partial charge in [0.25, 0.3) is 0 Å². The molecule has 0 aliphatic carbocycles. The van der Waals surface area contributed by atoms with E-state index in [1.165, 1.54) is 0 Å². The van der Waals surface area contributed by atoms with E-state index in [0.29, 0.717) is 12.5 Å². The standard InChI is InChI=1S/C15H22N2O2/c1-11(2)10-19-14-8-4-3-6-12(14)17-15(18)13-7-5-9-16-13/h3-4,6,8,11,13,16H,5,7,9-10H2,1-2H3,(H,17,18)/t13-/m1/s1. The molecular formula is C15H22N2O2. The molecular weight excluding hydrogens is 240 g/mol. The molecule has 2 N–H and O–H groups in total. The fraction of sp³-hybridized carbons (Fsp3) is 0.533. The number of rotatable bonds is 5. The first kappa shape index (κ1) is 13.9. The number of carbonyl (C=O) groups excluding carboxylic acids is 1. The Morgan fingerprint density at radius 1 is 1.47 bits per heavy atom. The number of ether oxygens (including phenoxy) is 1. The van der Waals surface area contributed by atoms with Crippen LogP contribution in [-0.2, 0) is 4.79 Å². The van der Waals surface area contributed by atoms with Crippen LogP contribution < -0.4 is 15.4 Å². The molecule has 104 valence electrons. The molecule has 19 heavy (non-hydrogen) atoms. The summed E-state index contributed by atoms with van der Waals surface area (Å²) in [6.45, 7) is 5.77. The number of hydrogen-bond acceptors (Lipinski definition) is 3. The van der Waals surface area contributed by atoms with Gasteiger partial charge < -0.3 is 15.4 Å². The van der Waals surface area contributed by atoms with Crippen molar-refractivity contribution >= 4 is 11.6 Å². The number of hydrogen-bond donors (Lipinski definition) is 2. The van der Waals surface area contributed by atoms with Gasteiger partial charge in [-0.2, -0.15) is 0 Å². The molecule has 1 atom stereocenters. The van der Waals surface area contributed by atoms with Crippen LogP contribution in [0.2, 0.25) is 0 Å². The number of carbonyl (C=O) groups is 1. The lowest BCUT2D eigenvalue weighted by atomic mass is 10.2. The lowest BCUT2D eigenvalue weighted by Crippen LogP contribution is -2.35. The van der Waals surface area contributed by atoms with Crippen LogP contribution >= 0.6 is 0 Å². The van der Waals surface area contributed by atoms with E-state index in [1.807, 2.05) is 24.3 Å². The SMILES string of the molecule is CC(C)COc1ccccc1NC(=O)[C@H]1CCCN1. The zero-order valence-electron chi connectivity index (χ0n) is 11.6. The van der Waals surface area contributed by atoms with Gasteiger partial charge in [0.05, 0.1) is 18.3 Å². The molecule has 1 saturated heterocycles. The summed E-state index contributed by atoms with van der Waals surface area (Å²) in [5, 5.41) is 6.14. The Balaban J connectivity index is 2.00. The fourth-order valence-corrected chi connectivity index (χ4v) is 2.08. The van der Waals surface area contributed by atoms with E-state index >= 15 is 0 Å². The Labute approximate surface area is 114 Å². The third kappa shape index (κ3) is 3.96. The second-order valence-corrected chi connectivity index (χ2v) is 5.34. The van der Waals surface area contributed by atoms with Crippen molar-refractivity contribution < 1.29 is 9.53 Å². The molecule has 1 fully saturated rings. The number of anilines is 1. The van der Waals surface area contributed by atoms with Crippen LogP contribution in [0.25, 0.3) is 0 Å². The third-order valence-electron chi connectivity index (χ3n) is 3.09. The van der Waals surface area contributed by atoms with E-state index in [0.717, 1.165) is 30.8 Å². The highest BCUT2D eigenvalue weighted by Crippen LogP contribution is 2.24. The van der Waals surface area contributed by atoms with Gasteiger partial charge in [0, 0.05) is 0 Å². The summed E-state index contributed by atoms with van der Waals surface area (Å²) in [6.07, 6.45) is 1.96. The van der Waals surface area contributed by atoms with E-state index in [1.54, 1.807) is 0 Å². The van der Waals surface area contributed by atoms with Gasteiger partial charge in [-0.25, -0.2) is 0 Å². The second kappa shape index (κ2) is 6.57. The van der Waals surface area contributed by atoms with Gasteiger partial charge in [-0.05, 0) is 37.4 Å². The van der Waals surface area contributed by atoms with Crippen molar-refractivity contribution in [1.82, 2.24) is 5.32 Å². The maximum absolute atomic E-state index is 12.1. The van der Waals surface area contributed by atoms with Crippen LogP contribution in [0, 0.1) is 5.92 Å². The van der Waals surface area contributed by atoms with Gasteiger partial charge in [0.1, 0.15) is 5.75 Å². The normalized spacial score (nSPS) is 18.6. The molecule has 1 heterocycles. The van der Waals surface area contributed by atoms with Crippen LogP contribution in [0.15, 0.2) is 24.3 Å². The Morgan fingerprint density at radius 2 is 2.26 bits per heavy atom. The minimum Gasteiger partial charge on any atom is -0.491 e. The number of nitrogens with one attached hydrogen (secondary N) is 2. The average molecular weight is 262 g/mol. The first-order chi connectivity index (χ1) is 9.16. The van der Waals surface area contributed by atoms with Gasteiger partial charge >= 0.3 is 0 Å². The van der Waals surface area contributed by atoms with Crippen LogP contribution in [-0.4, -0.2) is 25.1 Å². The molecule has 1 amide bonds. The fourth-order valence-electron chi connectivity index (χ4n) is 2.08. The minimum absolute atomic E-state index is 0.0260. The molecule has 1 aliphatic heterocycles. The highest BCUT2D eigenvalue weighted by molar-refractivity contribution is 5.96. The predicted octanol–water partition coefficient (Wildman–Crippen LogP) is 2.41. The first-order valence-electron chi connectivity index (χ1n) is 6.93. The number of benzene rings is 1. The Hall–Kier alpha value is -1.55. The molecule has 4 heteroatoms. The molecule has 2 rings (SSSR count). The minimum atomic E-state index is -0.0712. The van der Waals surface area contributed by atoms with Crippen molar-refractivity contribution in [3.05, 3.63) is 24.3 Å². The highest BCUT2D eigenvalue weighted by Gasteiger charge is 2.22. The lowest BCUT2D eigenvalue weighted by Gasteiger charge is -2.15. The Morgan fingerprint density at radius 3 is 2.95 bits per heavy atom. The predicted molar refractivity (Wildman–Crippen MR) is 76.4 cm³/mol. The monoisotopic (exact) mass is 262 g/mol. The van der Waals surface area contributed by atoms with Crippen LogP contribution in [0.3, 0.4) is 0 Å². The number of para-hydroxylation sites is 2. The van der Waals surface area contributed by atoms with Crippen LogP contribution in [0.5, 0.6) is 5.75 Å². The first-order valence-corrected chi connectivity index (χ1v) is 6.93. The highest BCUT2D eigenvalue weighted by atomic mass is 16.5. The van der Waals surface area contributed by atoms with Gasteiger partial charge in [0.2, 0.25) is 5.91 Å². The van der Waals surface area contributed by atoms with Crippen molar-refractivity contribution in [3.8, 4) is 5.75 Å². The van der Waals surface area contributed by atoms with E-state index < -0.39 is 0 Å². The summed E-state index contributed by atoms with van der Waals surface area (Å²) in [5.74, 6) is 1.22. The Bertz CT molecular complexity index is 426. The van der Waals surface area contributed by atoms with Crippen molar-refractivity contribution in [1.29, 1.82) is 0 Å². The zero-order chi connectivity index (χ0) is 13.7. The largest absolute Gasteiger partial charge is 0.491 e. The second-order valence-electron chi connectivity index (χ2n) is 5.34. The summed E-state index contributed by atoms with van der Waals surface area (Å²) in [7, 11) is 0. The summed E-state index contributed by atoms with van der Waals surface area (Å²) in [4.78, 5) is 12.1. The average Bonchev–Trinajstić information content (AvgIpc) is 2.91. The maximum Gasteiger partial charge on any atom is 0.241 e. The van der Waals surface area contributed by atoms with Crippen molar-refractivity contribution in [2.75, 3.05) is 18.5 Å². The van der Waals surface area contributed by atoms with Gasteiger partial charge in [0.15, 0.2) is 0 Å². The van der Waals surface area contributed by atoms with Crippen molar-refractivity contribution in [3.63, 3.8) is 0 Å². The molecule has 1 aromatic carbocycles. The summed E-state index contributed by atoms with van der Waals surface area (Å²) >= 11 is 0. The molecule has 0 unspecified atom stereocenters. The molecule has 1 aromatic rings. The van der Waals surface area contributed by atoms with Crippen molar-refractivity contribution in [2.24, 2.45) is 5.92 Å². The third-order valence-corrected chi connectivity index (χ3v) is 3.09. The van der Waals surface area contributed by atoms with Gasteiger partial charge in [-0.1, -0.05) is 26.0 Å². The molecule has 0 radical (unpaired) electrons. The molecule has 0 saturated carbocycles. The lowest BCUT2D eigenvalue weighted by molar-refractivity contribution is -0.117. The Kier molecular flexibility index (Phi) is 4.80. The molecule has 4 nitrogen and oxygen atoms in total. The van der Waals surface area contributed by atoms with E-state index in [-0.39, 0.29) is 11.9 Å². The molecule has 0 bridgehead atoms. The topological polar surface area (TPSA) is 50.4 Å². The van der Waals surface area contributed by atoms with Gasteiger partial charge in [-0.15, -0.1) is 0 Å². The quantitative estimate of drug-likeness (QED) is 0.856. The zero-order valence-corrected chi connectivity index (χ0v) is 11.6. The van der Waals surface area contributed by atoms with Crippen LogP contribution in [0.4, 0.5) is 5.69 Å². The van der Waals surface area contributed by atoms with Gasteiger partial charge in [-0.3, -0.25) is 4.79 Å². The number of amides is 1. The smallest absolute Gasteiger partial charge is 0.241 e.